The topological polar surface area (TPSA) is 77.5 Å². The van der Waals surface area contributed by atoms with Crippen LogP contribution in [0.1, 0.15) is 71.6 Å². The van der Waals surface area contributed by atoms with E-state index in [4.69, 9.17) is 11.6 Å². The molecule has 2 unspecified atom stereocenters. The van der Waals surface area contributed by atoms with Crippen LogP contribution in [0, 0.1) is 0 Å². The number of carbonyl (C=O) groups is 1. The first-order valence-electron chi connectivity index (χ1n) is 14.3. The zero-order valence-electron chi connectivity index (χ0n) is 23.6. The van der Waals surface area contributed by atoms with Crippen LogP contribution < -0.4 is 15.5 Å². The number of nitrogens with zero attached hydrogens (tertiary/aromatic N) is 2. The van der Waals surface area contributed by atoms with Crippen molar-refractivity contribution in [2.75, 3.05) is 23.3 Å². The number of halogens is 1. The van der Waals surface area contributed by atoms with Gasteiger partial charge in [-0.3, -0.25) is 9.78 Å². The molecule has 2 atom stereocenters. The molecule has 1 aliphatic carbocycles. The minimum atomic E-state index is -0.950. The van der Waals surface area contributed by atoms with Crippen LogP contribution in [-0.2, 0) is 12.3 Å². The quantitative estimate of drug-likeness (QED) is 0.139. The summed E-state index contributed by atoms with van der Waals surface area (Å²) < 4.78 is 0. The molecular weight excluding hydrogens is 532 g/mol. The third kappa shape index (κ3) is 6.55. The second kappa shape index (κ2) is 13.2. The molecule has 0 fully saturated rings. The molecule has 1 heterocycles. The van der Waals surface area contributed by atoms with Crippen molar-refractivity contribution in [3.8, 4) is 11.3 Å². The fourth-order valence-electron chi connectivity index (χ4n) is 5.60. The number of hydrogen-bond acceptors (Lipinski definition) is 5. The molecule has 3 aromatic carbocycles. The van der Waals surface area contributed by atoms with Gasteiger partial charge in [-0.15, -0.1) is 11.6 Å². The number of rotatable bonds is 10. The molecular formula is C34H37ClN4O2. The summed E-state index contributed by atoms with van der Waals surface area (Å²) in [6.45, 7) is 5.95. The lowest BCUT2D eigenvalue weighted by Gasteiger charge is -2.26. The van der Waals surface area contributed by atoms with Crippen LogP contribution in [0.25, 0.3) is 11.3 Å². The number of aromatic nitrogens is 1. The summed E-state index contributed by atoms with van der Waals surface area (Å²) in [6.07, 6.45) is 3.74. The van der Waals surface area contributed by atoms with Crippen LogP contribution in [0.5, 0.6) is 0 Å². The van der Waals surface area contributed by atoms with Gasteiger partial charge in [-0.05, 0) is 80.1 Å². The van der Waals surface area contributed by atoms with Gasteiger partial charge in [0.1, 0.15) is 0 Å². The average Bonchev–Trinajstić information content (AvgIpc) is 3.02. The molecule has 212 valence electrons. The zero-order chi connectivity index (χ0) is 28.8. The van der Waals surface area contributed by atoms with Crippen molar-refractivity contribution in [3.63, 3.8) is 0 Å². The molecule has 41 heavy (non-hydrogen) atoms. The van der Waals surface area contributed by atoms with E-state index in [1.165, 1.54) is 11.1 Å². The maximum atomic E-state index is 13.5. The molecule has 7 heteroatoms. The van der Waals surface area contributed by atoms with Crippen LogP contribution in [0.2, 0.25) is 0 Å². The minimum absolute atomic E-state index is 0.00816. The predicted octanol–water partition coefficient (Wildman–Crippen LogP) is 7.24. The number of hydrogen-bond donors (Lipinski definition) is 3. The summed E-state index contributed by atoms with van der Waals surface area (Å²) in [5.41, 5.74) is 7.93. The van der Waals surface area contributed by atoms with E-state index in [2.05, 4.69) is 58.6 Å². The number of aliphatic hydroxyl groups excluding tert-OH is 1. The maximum absolute atomic E-state index is 13.5. The fraction of sp³-hybridized carbons (Fsp3) is 0.294. The molecule has 5 rings (SSSR count). The van der Waals surface area contributed by atoms with Gasteiger partial charge in [0, 0.05) is 53.2 Å². The highest BCUT2D eigenvalue weighted by molar-refractivity contribution is 6.17. The molecule has 0 spiro atoms. The van der Waals surface area contributed by atoms with Gasteiger partial charge in [0.15, 0.2) is 6.23 Å². The molecule has 0 saturated heterocycles. The van der Waals surface area contributed by atoms with E-state index in [0.717, 1.165) is 60.4 Å². The van der Waals surface area contributed by atoms with Gasteiger partial charge in [0.05, 0.1) is 11.7 Å². The lowest BCUT2D eigenvalue weighted by Crippen LogP contribution is -2.31. The summed E-state index contributed by atoms with van der Waals surface area (Å²) in [5.74, 6) is 0.248. The first kappa shape index (κ1) is 28.7. The van der Waals surface area contributed by atoms with Crippen molar-refractivity contribution in [2.24, 2.45) is 0 Å². The molecule has 0 aliphatic heterocycles. The minimum Gasteiger partial charge on any atom is -0.372 e. The molecule has 0 bridgehead atoms. The molecule has 6 nitrogen and oxygen atoms in total. The Morgan fingerprint density at radius 2 is 1.88 bits per heavy atom. The number of anilines is 2. The first-order valence-corrected chi connectivity index (χ1v) is 14.9. The normalized spacial score (nSPS) is 15.1. The highest BCUT2D eigenvalue weighted by atomic mass is 35.5. The van der Waals surface area contributed by atoms with Crippen molar-refractivity contribution in [1.29, 1.82) is 0 Å². The Labute approximate surface area is 247 Å². The van der Waals surface area contributed by atoms with Gasteiger partial charge >= 0.3 is 0 Å². The van der Waals surface area contributed by atoms with E-state index in [1.54, 1.807) is 12.3 Å². The molecule has 4 aromatic rings. The second-order valence-corrected chi connectivity index (χ2v) is 10.6. The van der Waals surface area contributed by atoms with Crippen molar-refractivity contribution in [1.82, 2.24) is 10.3 Å². The Balaban J connectivity index is 1.46. The predicted molar refractivity (Wildman–Crippen MR) is 167 cm³/mol. The lowest BCUT2D eigenvalue weighted by molar-refractivity contribution is 0.0932. The highest BCUT2D eigenvalue weighted by Gasteiger charge is 2.23. The van der Waals surface area contributed by atoms with E-state index in [1.807, 2.05) is 48.5 Å². The van der Waals surface area contributed by atoms with Crippen LogP contribution in [-0.4, -0.2) is 29.1 Å². The Morgan fingerprint density at radius 1 is 1.05 bits per heavy atom. The largest absolute Gasteiger partial charge is 0.372 e. The molecule has 1 aromatic heterocycles. The highest BCUT2D eigenvalue weighted by Crippen LogP contribution is 2.34. The number of carbonyl (C=O) groups excluding carboxylic acids is 1. The van der Waals surface area contributed by atoms with Crippen LogP contribution in [0.4, 0.5) is 11.4 Å². The van der Waals surface area contributed by atoms with E-state index in [0.29, 0.717) is 17.1 Å². The number of aliphatic hydroxyl groups is 1. The van der Waals surface area contributed by atoms with Gasteiger partial charge < -0.3 is 20.6 Å². The van der Waals surface area contributed by atoms with Crippen molar-refractivity contribution < 1.29 is 9.90 Å². The lowest BCUT2D eigenvalue weighted by atomic mass is 9.87. The number of pyridine rings is 1. The zero-order valence-corrected chi connectivity index (χ0v) is 24.4. The Morgan fingerprint density at radius 3 is 2.68 bits per heavy atom. The maximum Gasteiger partial charge on any atom is 0.251 e. The first-order chi connectivity index (χ1) is 20.0. The molecule has 3 N–H and O–H groups in total. The molecule has 1 amide bonds. The van der Waals surface area contributed by atoms with E-state index in [9.17, 15) is 9.90 Å². The van der Waals surface area contributed by atoms with E-state index < -0.39 is 6.23 Å². The molecule has 0 saturated carbocycles. The third-order valence-electron chi connectivity index (χ3n) is 7.82. The van der Waals surface area contributed by atoms with Gasteiger partial charge in [-0.1, -0.05) is 48.5 Å². The SMILES string of the molecule is CCN(CC)c1ccc(NC(O)c2cccc(CCl)c2)c(-c2cc(C(=O)NC3CCCc4ccccc43)ccn2)c1. The van der Waals surface area contributed by atoms with Crippen LogP contribution >= 0.6 is 11.6 Å². The fourth-order valence-corrected chi connectivity index (χ4v) is 5.76. The summed E-state index contributed by atoms with van der Waals surface area (Å²) in [4.78, 5) is 20.4. The van der Waals surface area contributed by atoms with Crippen molar-refractivity contribution in [3.05, 3.63) is 113 Å². The number of fused-ring (bicyclic) bond motifs is 1. The third-order valence-corrected chi connectivity index (χ3v) is 8.13. The summed E-state index contributed by atoms with van der Waals surface area (Å²) in [6, 6.07) is 25.6. The van der Waals surface area contributed by atoms with Crippen LogP contribution in [0.3, 0.4) is 0 Å². The van der Waals surface area contributed by atoms with Gasteiger partial charge in [-0.25, -0.2) is 0 Å². The van der Waals surface area contributed by atoms with Crippen molar-refractivity contribution in [2.45, 2.75) is 51.3 Å². The van der Waals surface area contributed by atoms with E-state index in [-0.39, 0.29) is 11.9 Å². The summed E-state index contributed by atoms with van der Waals surface area (Å²) in [7, 11) is 0. The number of aryl methyl sites for hydroxylation is 1. The summed E-state index contributed by atoms with van der Waals surface area (Å²) in [5, 5.41) is 17.6. The van der Waals surface area contributed by atoms with Gasteiger partial charge in [-0.2, -0.15) is 0 Å². The number of amides is 1. The second-order valence-electron chi connectivity index (χ2n) is 10.4. The number of nitrogens with one attached hydrogen (secondary N) is 2. The van der Waals surface area contributed by atoms with Crippen LogP contribution in [0.15, 0.2) is 85.1 Å². The Kier molecular flexibility index (Phi) is 9.22. The summed E-state index contributed by atoms with van der Waals surface area (Å²) >= 11 is 6.02. The Bertz CT molecular complexity index is 1500. The standard InChI is InChI=1S/C34H37ClN4O2/c1-3-39(4-2)27-15-16-31(38-33(40)25-12-7-9-23(19-25)22-35)29(21-27)32-20-26(17-18-36-32)34(41)37-30-14-8-11-24-10-5-6-13-28(24)30/h5-7,9-10,12-13,15-21,30,33,38,40H,3-4,8,11,14,22H2,1-2H3,(H,37,41). The average molecular weight is 569 g/mol. The Hall–Kier alpha value is -3.87. The molecule has 1 aliphatic rings. The van der Waals surface area contributed by atoms with Crippen molar-refractivity contribution >= 4 is 28.9 Å². The smallest absolute Gasteiger partial charge is 0.251 e. The molecule has 0 radical (unpaired) electrons. The van der Waals surface area contributed by atoms with Gasteiger partial charge in [0.25, 0.3) is 5.91 Å². The van der Waals surface area contributed by atoms with Gasteiger partial charge in [0.2, 0.25) is 0 Å². The van der Waals surface area contributed by atoms with E-state index >= 15 is 0 Å². The monoisotopic (exact) mass is 568 g/mol. The number of benzene rings is 3. The number of alkyl halides is 1.